The minimum Gasteiger partial charge on any atom is -0.481 e. The fourth-order valence-electron chi connectivity index (χ4n) is 2.00. The van der Waals surface area contributed by atoms with E-state index >= 15 is 0 Å². The molecule has 1 amide bonds. The van der Waals surface area contributed by atoms with Gasteiger partial charge in [-0.2, -0.15) is 0 Å². The molecule has 0 spiro atoms. The van der Waals surface area contributed by atoms with Crippen LogP contribution in [0.1, 0.15) is 25.2 Å². The first-order chi connectivity index (χ1) is 8.06. The molecule has 0 saturated heterocycles. The maximum Gasteiger partial charge on any atom is 0.322 e. The molecular weight excluding hydrogens is 226 g/mol. The number of carboxylic acids is 1. The highest BCUT2D eigenvalue weighted by molar-refractivity contribution is 5.91. The summed E-state index contributed by atoms with van der Waals surface area (Å²) in [6.07, 6.45) is 1.49. The third-order valence-electron chi connectivity index (χ3n) is 2.91. The van der Waals surface area contributed by atoms with Crippen molar-refractivity contribution in [2.45, 2.75) is 26.2 Å². The fourth-order valence-corrected chi connectivity index (χ4v) is 2.00. The number of aryl methyl sites for hydroxylation is 1. The highest BCUT2D eigenvalue weighted by Crippen LogP contribution is 2.31. The molecule has 1 aliphatic rings. The molecule has 7 nitrogen and oxygen atoms in total. The van der Waals surface area contributed by atoms with Crippen LogP contribution in [-0.4, -0.2) is 27.2 Å². The molecule has 0 aliphatic heterocycles. The van der Waals surface area contributed by atoms with E-state index in [4.69, 9.17) is 9.52 Å². The normalized spacial score (nSPS) is 23.6. The highest BCUT2D eigenvalue weighted by atomic mass is 16.4. The molecule has 1 aliphatic carbocycles. The van der Waals surface area contributed by atoms with Crippen LogP contribution in [0.5, 0.6) is 0 Å². The van der Waals surface area contributed by atoms with Crippen LogP contribution in [0.3, 0.4) is 0 Å². The van der Waals surface area contributed by atoms with Gasteiger partial charge in [-0.3, -0.25) is 14.9 Å². The van der Waals surface area contributed by atoms with Gasteiger partial charge in [0, 0.05) is 12.8 Å². The summed E-state index contributed by atoms with van der Waals surface area (Å²) < 4.78 is 5.02. The molecule has 1 heterocycles. The van der Waals surface area contributed by atoms with Crippen LogP contribution in [0.4, 0.5) is 6.01 Å². The quantitative estimate of drug-likeness (QED) is 0.808. The van der Waals surface area contributed by atoms with Gasteiger partial charge in [-0.1, -0.05) is 5.10 Å². The number of hydrogen-bond acceptors (Lipinski definition) is 5. The molecular formula is C10H13N3O4. The molecule has 7 heteroatoms. The number of carbonyl (C=O) groups is 2. The Morgan fingerprint density at radius 2 is 2.06 bits per heavy atom. The van der Waals surface area contributed by atoms with E-state index in [-0.39, 0.29) is 17.8 Å². The summed E-state index contributed by atoms with van der Waals surface area (Å²) in [6, 6.07) is 0.0614. The summed E-state index contributed by atoms with van der Waals surface area (Å²) in [5, 5.41) is 18.6. The van der Waals surface area contributed by atoms with E-state index in [1.807, 2.05) is 0 Å². The van der Waals surface area contributed by atoms with Gasteiger partial charge in [0.05, 0.1) is 5.92 Å². The minimum absolute atomic E-state index is 0.0614. The molecule has 2 N–H and O–H groups in total. The number of rotatable bonds is 3. The van der Waals surface area contributed by atoms with E-state index in [1.165, 1.54) is 0 Å². The van der Waals surface area contributed by atoms with Crippen LogP contribution < -0.4 is 5.32 Å². The average Bonchev–Trinajstić information content (AvgIpc) is 2.86. The van der Waals surface area contributed by atoms with Crippen LogP contribution in [-0.2, 0) is 9.59 Å². The van der Waals surface area contributed by atoms with Crippen molar-refractivity contribution in [3.05, 3.63) is 5.89 Å². The molecule has 1 aromatic heterocycles. The Hall–Kier alpha value is -1.92. The maximum atomic E-state index is 11.8. The molecule has 17 heavy (non-hydrogen) atoms. The number of carboxylic acid groups (broad SMARTS) is 1. The lowest BCUT2D eigenvalue weighted by molar-refractivity contribution is -0.141. The van der Waals surface area contributed by atoms with Gasteiger partial charge in [0.2, 0.25) is 11.8 Å². The minimum atomic E-state index is -0.839. The second kappa shape index (κ2) is 4.52. The van der Waals surface area contributed by atoms with E-state index in [0.29, 0.717) is 25.2 Å². The summed E-state index contributed by atoms with van der Waals surface area (Å²) >= 11 is 0. The van der Waals surface area contributed by atoms with Crippen molar-refractivity contribution in [3.63, 3.8) is 0 Å². The van der Waals surface area contributed by atoms with Crippen molar-refractivity contribution in [3.8, 4) is 0 Å². The van der Waals surface area contributed by atoms with E-state index in [0.717, 1.165) is 0 Å². The van der Waals surface area contributed by atoms with Gasteiger partial charge in [-0.05, 0) is 19.3 Å². The van der Waals surface area contributed by atoms with Gasteiger partial charge in [-0.15, -0.1) is 5.10 Å². The van der Waals surface area contributed by atoms with Crippen molar-refractivity contribution in [2.75, 3.05) is 5.32 Å². The van der Waals surface area contributed by atoms with Crippen molar-refractivity contribution in [2.24, 2.45) is 11.8 Å². The molecule has 2 rings (SSSR count). The monoisotopic (exact) mass is 239 g/mol. The fraction of sp³-hybridized carbons (Fsp3) is 0.600. The van der Waals surface area contributed by atoms with Crippen molar-refractivity contribution in [1.29, 1.82) is 0 Å². The van der Waals surface area contributed by atoms with Gasteiger partial charge in [0.1, 0.15) is 0 Å². The number of aromatic nitrogens is 2. The third-order valence-corrected chi connectivity index (χ3v) is 2.91. The summed E-state index contributed by atoms with van der Waals surface area (Å²) in [5.74, 6) is -1.43. The van der Waals surface area contributed by atoms with Crippen molar-refractivity contribution >= 4 is 17.9 Å². The SMILES string of the molecule is Cc1nnc(NC(=O)C2CCC(C(=O)O)C2)o1. The lowest BCUT2D eigenvalue weighted by Gasteiger charge is -2.07. The van der Waals surface area contributed by atoms with E-state index < -0.39 is 11.9 Å². The summed E-state index contributed by atoms with van der Waals surface area (Å²) in [6.45, 7) is 1.62. The Morgan fingerprint density at radius 3 is 2.59 bits per heavy atom. The molecule has 1 saturated carbocycles. The predicted molar refractivity (Wildman–Crippen MR) is 56.1 cm³/mol. The number of anilines is 1. The van der Waals surface area contributed by atoms with Crippen molar-refractivity contribution < 1.29 is 19.1 Å². The topological polar surface area (TPSA) is 105 Å². The first kappa shape index (κ1) is 11.6. The standard InChI is InChI=1S/C10H13N3O4/c1-5-12-13-10(17-5)11-8(14)6-2-3-7(4-6)9(15)16/h6-7H,2-4H2,1H3,(H,15,16)(H,11,13,14). The third kappa shape index (κ3) is 2.61. The summed E-state index contributed by atoms with van der Waals surface area (Å²) in [5.41, 5.74) is 0. The molecule has 0 radical (unpaired) electrons. The van der Waals surface area contributed by atoms with E-state index in [1.54, 1.807) is 6.92 Å². The number of amides is 1. The maximum absolute atomic E-state index is 11.8. The second-order valence-electron chi connectivity index (χ2n) is 4.16. The van der Waals surface area contributed by atoms with Crippen LogP contribution in [0.15, 0.2) is 4.42 Å². The average molecular weight is 239 g/mol. The first-order valence-corrected chi connectivity index (χ1v) is 5.40. The zero-order valence-electron chi connectivity index (χ0n) is 9.34. The van der Waals surface area contributed by atoms with Crippen LogP contribution in [0.2, 0.25) is 0 Å². The molecule has 0 aromatic carbocycles. The number of hydrogen-bond donors (Lipinski definition) is 2. The highest BCUT2D eigenvalue weighted by Gasteiger charge is 2.34. The largest absolute Gasteiger partial charge is 0.481 e. The molecule has 0 bridgehead atoms. The van der Waals surface area contributed by atoms with Gasteiger partial charge < -0.3 is 9.52 Å². The molecule has 1 fully saturated rings. The Bertz CT molecular complexity index is 443. The Kier molecular flexibility index (Phi) is 3.08. The number of aliphatic carboxylic acids is 1. The Morgan fingerprint density at radius 1 is 1.35 bits per heavy atom. The summed E-state index contributed by atoms with van der Waals surface area (Å²) in [4.78, 5) is 22.5. The Labute approximate surface area is 97.2 Å². The van der Waals surface area contributed by atoms with Gasteiger partial charge in [0.15, 0.2) is 0 Å². The van der Waals surface area contributed by atoms with Crippen LogP contribution in [0.25, 0.3) is 0 Å². The van der Waals surface area contributed by atoms with E-state index in [9.17, 15) is 9.59 Å². The lowest BCUT2D eigenvalue weighted by atomic mass is 10.0. The predicted octanol–water partition coefficient (Wildman–Crippen LogP) is 0.817. The smallest absolute Gasteiger partial charge is 0.322 e. The lowest BCUT2D eigenvalue weighted by Crippen LogP contribution is -2.21. The summed E-state index contributed by atoms with van der Waals surface area (Å²) in [7, 11) is 0. The van der Waals surface area contributed by atoms with Gasteiger partial charge >= 0.3 is 12.0 Å². The molecule has 92 valence electrons. The second-order valence-corrected chi connectivity index (χ2v) is 4.16. The van der Waals surface area contributed by atoms with Gasteiger partial charge in [0.25, 0.3) is 0 Å². The first-order valence-electron chi connectivity index (χ1n) is 5.40. The number of nitrogens with zero attached hydrogens (tertiary/aromatic N) is 2. The molecule has 2 atom stereocenters. The molecule has 2 unspecified atom stereocenters. The van der Waals surface area contributed by atoms with Crippen LogP contribution >= 0.6 is 0 Å². The number of carbonyl (C=O) groups excluding carboxylic acids is 1. The van der Waals surface area contributed by atoms with Gasteiger partial charge in [-0.25, -0.2) is 0 Å². The van der Waals surface area contributed by atoms with Crippen molar-refractivity contribution in [1.82, 2.24) is 10.2 Å². The zero-order chi connectivity index (χ0) is 12.4. The number of nitrogens with one attached hydrogen (secondary N) is 1. The van der Waals surface area contributed by atoms with Crippen LogP contribution in [0, 0.1) is 18.8 Å². The molecule has 1 aromatic rings. The zero-order valence-corrected chi connectivity index (χ0v) is 9.34. The Balaban J connectivity index is 1.91. The van der Waals surface area contributed by atoms with E-state index in [2.05, 4.69) is 15.5 Å².